The highest BCUT2D eigenvalue weighted by atomic mass is 32.2. The van der Waals surface area contributed by atoms with Crippen molar-refractivity contribution >= 4 is 45.5 Å². The van der Waals surface area contributed by atoms with Gasteiger partial charge in [-0.2, -0.15) is 11.8 Å². The SMILES string of the molecule is Cc1ccc(-c2csc(NC(=O)CC3CSCCN3)n2)s1. The zero-order chi connectivity index (χ0) is 14.7. The van der Waals surface area contributed by atoms with Crippen molar-refractivity contribution in [2.45, 2.75) is 19.4 Å². The smallest absolute Gasteiger partial charge is 0.227 e. The van der Waals surface area contributed by atoms with Crippen molar-refractivity contribution in [2.75, 3.05) is 23.4 Å². The van der Waals surface area contributed by atoms with Gasteiger partial charge in [0.25, 0.3) is 0 Å². The van der Waals surface area contributed by atoms with E-state index in [2.05, 4.69) is 34.7 Å². The molecular weight excluding hydrogens is 322 g/mol. The molecular formula is C14H17N3OS3. The summed E-state index contributed by atoms with van der Waals surface area (Å²) in [5.74, 6) is 2.18. The number of aryl methyl sites for hydroxylation is 1. The van der Waals surface area contributed by atoms with Crippen LogP contribution in [-0.4, -0.2) is 35.0 Å². The summed E-state index contributed by atoms with van der Waals surface area (Å²) in [4.78, 5) is 19.0. The van der Waals surface area contributed by atoms with Gasteiger partial charge in [0.2, 0.25) is 5.91 Å². The molecule has 0 aliphatic carbocycles. The number of hydrogen-bond donors (Lipinski definition) is 2. The van der Waals surface area contributed by atoms with E-state index >= 15 is 0 Å². The van der Waals surface area contributed by atoms with Gasteiger partial charge in [0.05, 0.1) is 10.6 Å². The van der Waals surface area contributed by atoms with Crippen LogP contribution in [-0.2, 0) is 4.79 Å². The summed E-state index contributed by atoms with van der Waals surface area (Å²) in [6.45, 7) is 3.07. The third kappa shape index (κ3) is 4.06. The van der Waals surface area contributed by atoms with Crippen LogP contribution in [0.3, 0.4) is 0 Å². The van der Waals surface area contributed by atoms with Crippen LogP contribution in [0.15, 0.2) is 17.5 Å². The topological polar surface area (TPSA) is 54.0 Å². The number of aromatic nitrogens is 1. The molecule has 7 heteroatoms. The first kappa shape index (κ1) is 15.0. The highest BCUT2D eigenvalue weighted by Gasteiger charge is 2.17. The Labute approximate surface area is 136 Å². The summed E-state index contributed by atoms with van der Waals surface area (Å²) >= 11 is 5.10. The zero-order valence-corrected chi connectivity index (χ0v) is 14.2. The lowest BCUT2D eigenvalue weighted by atomic mass is 10.2. The molecule has 1 atom stereocenters. The fraction of sp³-hybridized carbons (Fsp3) is 0.429. The molecule has 1 fully saturated rings. The monoisotopic (exact) mass is 339 g/mol. The molecule has 0 saturated carbocycles. The predicted octanol–water partition coefficient (Wildman–Crippen LogP) is 3.21. The molecule has 2 aromatic heterocycles. The molecule has 2 N–H and O–H groups in total. The second-order valence-electron chi connectivity index (χ2n) is 4.93. The van der Waals surface area contributed by atoms with E-state index in [9.17, 15) is 4.79 Å². The molecule has 3 rings (SSSR count). The van der Waals surface area contributed by atoms with Crippen LogP contribution in [0.2, 0.25) is 0 Å². The maximum atomic E-state index is 12.0. The minimum Gasteiger partial charge on any atom is -0.312 e. The second kappa shape index (κ2) is 6.91. The van der Waals surface area contributed by atoms with Crippen LogP contribution in [0, 0.1) is 6.92 Å². The van der Waals surface area contributed by atoms with E-state index in [1.54, 1.807) is 11.3 Å². The Balaban J connectivity index is 1.57. The fourth-order valence-corrected chi connectivity index (χ4v) is 4.74. The lowest BCUT2D eigenvalue weighted by molar-refractivity contribution is -0.116. The van der Waals surface area contributed by atoms with Gasteiger partial charge in [0.1, 0.15) is 0 Å². The summed E-state index contributed by atoms with van der Waals surface area (Å²) in [6.07, 6.45) is 0.514. The summed E-state index contributed by atoms with van der Waals surface area (Å²) in [7, 11) is 0. The number of thiophene rings is 1. The van der Waals surface area contributed by atoms with E-state index in [0.29, 0.717) is 11.6 Å². The number of anilines is 1. The van der Waals surface area contributed by atoms with Gasteiger partial charge in [0, 0.05) is 40.8 Å². The van der Waals surface area contributed by atoms with Crippen molar-refractivity contribution in [3.63, 3.8) is 0 Å². The number of nitrogens with zero attached hydrogens (tertiary/aromatic N) is 1. The van der Waals surface area contributed by atoms with Gasteiger partial charge in [-0.25, -0.2) is 4.98 Å². The molecule has 0 aromatic carbocycles. The van der Waals surface area contributed by atoms with Crippen LogP contribution in [0.5, 0.6) is 0 Å². The molecule has 1 aliphatic heterocycles. The van der Waals surface area contributed by atoms with E-state index in [4.69, 9.17) is 0 Å². The van der Waals surface area contributed by atoms with E-state index in [0.717, 1.165) is 28.6 Å². The molecule has 1 amide bonds. The summed E-state index contributed by atoms with van der Waals surface area (Å²) in [6, 6.07) is 4.44. The molecule has 1 saturated heterocycles. The number of hydrogen-bond acceptors (Lipinski definition) is 6. The number of thioether (sulfide) groups is 1. The van der Waals surface area contributed by atoms with Crippen LogP contribution in [0.1, 0.15) is 11.3 Å². The lowest BCUT2D eigenvalue weighted by Crippen LogP contribution is -2.39. The van der Waals surface area contributed by atoms with E-state index in [1.165, 1.54) is 16.2 Å². The highest BCUT2D eigenvalue weighted by molar-refractivity contribution is 7.99. The lowest BCUT2D eigenvalue weighted by Gasteiger charge is -2.22. The average Bonchev–Trinajstić information content (AvgIpc) is 3.09. The van der Waals surface area contributed by atoms with E-state index in [1.807, 2.05) is 17.1 Å². The van der Waals surface area contributed by atoms with Gasteiger partial charge in [0.15, 0.2) is 5.13 Å². The predicted molar refractivity (Wildman–Crippen MR) is 92.5 cm³/mol. The number of nitrogens with one attached hydrogen (secondary N) is 2. The molecule has 3 heterocycles. The third-order valence-corrected chi connectivity index (χ3v) is 6.09. The van der Waals surface area contributed by atoms with Crippen molar-refractivity contribution in [1.82, 2.24) is 10.3 Å². The van der Waals surface area contributed by atoms with Crippen molar-refractivity contribution in [3.8, 4) is 10.6 Å². The Hall–Kier alpha value is -0.890. The first-order valence-corrected chi connectivity index (χ1v) is 9.69. The van der Waals surface area contributed by atoms with Crippen LogP contribution in [0.25, 0.3) is 10.6 Å². The largest absolute Gasteiger partial charge is 0.312 e. The Morgan fingerprint density at radius 3 is 3.14 bits per heavy atom. The van der Waals surface area contributed by atoms with Gasteiger partial charge in [-0.3, -0.25) is 4.79 Å². The molecule has 1 aliphatic rings. The number of amides is 1. The Bertz CT molecular complexity index is 617. The first-order chi connectivity index (χ1) is 10.2. The minimum atomic E-state index is 0.0401. The van der Waals surface area contributed by atoms with Gasteiger partial charge < -0.3 is 10.6 Å². The Kier molecular flexibility index (Phi) is 4.95. The highest BCUT2D eigenvalue weighted by Crippen LogP contribution is 2.30. The molecule has 4 nitrogen and oxygen atoms in total. The first-order valence-electron chi connectivity index (χ1n) is 6.84. The molecule has 0 radical (unpaired) electrons. The second-order valence-corrected chi connectivity index (χ2v) is 8.22. The fourth-order valence-electron chi connectivity index (χ4n) is 2.16. The molecule has 0 spiro atoms. The van der Waals surface area contributed by atoms with Gasteiger partial charge in [-0.05, 0) is 19.1 Å². The molecule has 112 valence electrons. The quantitative estimate of drug-likeness (QED) is 0.898. The third-order valence-electron chi connectivity index (χ3n) is 3.17. The number of carbonyl (C=O) groups excluding carboxylic acids is 1. The van der Waals surface area contributed by atoms with Crippen molar-refractivity contribution < 1.29 is 4.79 Å². The van der Waals surface area contributed by atoms with Gasteiger partial charge >= 0.3 is 0 Å². The van der Waals surface area contributed by atoms with Crippen molar-refractivity contribution in [2.24, 2.45) is 0 Å². The summed E-state index contributed by atoms with van der Waals surface area (Å²) < 4.78 is 0. The van der Waals surface area contributed by atoms with E-state index in [-0.39, 0.29) is 11.9 Å². The van der Waals surface area contributed by atoms with Gasteiger partial charge in [-0.1, -0.05) is 0 Å². The zero-order valence-electron chi connectivity index (χ0n) is 11.7. The minimum absolute atomic E-state index is 0.0401. The molecule has 2 aromatic rings. The van der Waals surface area contributed by atoms with Crippen molar-refractivity contribution in [1.29, 1.82) is 0 Å². The number of thiazole rings is 1. The maximum Gasteiger partial charge on any atom is 0.227 e. The van der Waals surface area contributed by atoms with Crippen LogP contribution < -0.4 is 10.6 Å². The Morgan fingerprint density at radius 1 is 1.52 bits per heavy atom. The van der Waals surface area contributed by atoms with E-state index < -0.39 is 0 Å². The summed E-state index contributed by atoms with van der Waals surface area (Å²) in [5.41, 5.74) is 0.944. The molecule has 21 heavy (non-hydrogen) atoms. The molecule has 0 bridgehead atoms. The maximum absolute atomic E-state index is 12.0. The Morgan fingerprint density at radius 2 is 2.43 bits per heavy atom. The molecule has 1 unspecified atom stereocenters. The summed E-state index contributed by atoms with van der Waals surface area (Å²) in [5, 5.41) is 8.96. The van der Waals surface area contributed by atoms with Crippen LogP contribution >= 0.6 is 34.4 Å². The van der Waals surface area contributed by atoms with Crippen LogP contribution in [0.4, 0.5) is 5.13 Å². The van der Waals surface area contributed by atoms with Gasteiger partial charge in [-0.15, -0.1) is 22.7 Å². The number of carbonyl (C=O) groups is 1. The van der Waals surface area contributed by atoms with Crippen molar-refractivity contribution in [3.05, 3.63) is 22.4 Å². The average molecular weight is 340 g/mol. The number of rotatable bonds is 4. The normalized spacial score (nSPS) is 18.6. The standard InChI is InChI=1S/C14H17N3OS3/c1-9-2-3-12(21-9)11-8-20-14(16-11)17-13(18)6-10-7-19-5-4-15-10/h2-3,8,10,15H,4-7H2,1H3,(H,16,17,18).